The molecule has 0 spiro atoms. The summed E-state index contributed by atoms with van der Waals surface area (Å²) in [5, 5.41) is 8.46. The summed E-state index contributed by atoms with van der Waals surface area (Å²) in [7, 11) is 2.06. The predicted molar refractivity (Wildman–Crippen MR) is 62.6 cm³/mol. The summed E-state index contributed by atoms with van der Waals surface area (Å²) in [4.78, 5) is 2.20. The number of hydrogen-bond donors (Lipinski definition) is 0. The smallest absolute Gasteiger partial charge is 0.0635 e. The fourth-order valence-corrected chi connectivity index (χ4v) is 1.54. The third kappa shape index (κ3) is 4.62. The average Bonchev–Trinajstić information content (AvgIpc) is 2.23. The summed E-state index contributed by atoms with van der Waals surface area (Å²) in [6.45, 7) is 4.00. The predicted octanol–water partition coefficient (Wildman–Crippen LogP) is 2.38. The van der Waals surface area contributed by atoms with Crippen LogP contribution in [0, 0.1) is 18.3 Å². The minimum Gasteiger partial charge on any atom is -0.305 e. The number of likely N-dealkylation sites (N-methyl/N-ethyl adjacent to an activating group) is 1. The Morgan fingerprint density at radius 1 is 1.33 bits per heavy atom. The summed E-state index contributed by atoms with van der Waals surface area (Å²) < 4.78 is 0. The van der Waals surface area contributed by atoms with Gasteiger partial charge in [0.25, 0.3) is 0 Å². The van der Waals surface area contributed by atoms with Crippen molar-refractivity contribution in [2.75, 3.05) is 20.1 Å². The molecule has 1 rings (SSSR count). The van der Waals surface area contributed by atoms with E-state index in [9.17, 15) is 0 Å². The number of hydrogen-bond acceptors (Lipinski definition) is 2. The Labute approximate surface area is 92.1 Å². The molecule has 1 aromatic rings. The zero-order valence-electron chi connectivity index (χ0n) is 9.53. The van der Waals surface area contributed by atoms with Crippen LogP contribution in [-0.2, 0) is 6.42 Å². The van der Waals surface area contributed by atoms with Gasteiger partial charge in [0.2, 0.25) is 0 Å². The second kappa shape index (κ2) is 6.21. The van der Waals surface area contributed by atoms with Gasteiger partial charge < -0.3 is 4.90 Å². The van der Waals surface area contributed by atoms with Crippen molar-refractivity contribution >= 4 is 0 Å². The molecule has 15 heavy (non-hydrogen) atoms. The molecule has 2 nitrogen and oxygen atoms in total. The molecule has 0 saturated carbocycles. The lowest BCUT2D eigenvalue weighted by atomic mass is 10.1. The maximum absolute atomic E-state index is 8.46. The first-order valence-corrected chi connectivity index (χ1v) is 5.33. The topological polar surface area (TPSA) is 27.0 Å². The Balaban J connectivity index is 2.34. The molecule has 0 saturated heterocycles. The molecule has 0 heterocycles. The van der Waals surface area contributed by atoms with Crippen LogP contribution in [0.1, 0.15) is 17.5 Å². The van der Waals surface area contributed by atoms with Crippen LogP contribution >= 0.6 is 0 Å². The lowest BCUT2D eigenvalue weighted by molar-refractivity contribution is 0.346. The van der Waals surface area contributed by atoms with Crippen LogP contribution in [-0.4, -0.2) is 25.0 Å². The van der Waals surface area contributed by atoms with Gasteiger partial charge in [-0.1, -0.05) is 29.8 Å². The van der Waals surface area contributed by atoms with Crippen LogP contribution in [0.2, 0.25) is 0 Å². The van der Waals surface area contributed by atoms with E-state index in [0.717, 1.165) is 19.5 Å². The molecule has 0 N–H and O–H groups in total. The summed E-state index contributed by atoms with van der Waals surface area (Å²) in [5.74, 6) is 0. The Kier molecular flexibility index (Phi) is 4.86. The highest BCUT2D eigenvalue weighted by molar-refractivity contribution is 5.22. The van der Waals surface area contributed by atoms with Crippen molar-refractivity contribution in [2.24, 2.45) is 0 Å². The molecular formula is C13H18N2. The minimum absolute atomic E-state index is 0.615. The lowest BCUT2D eigenvalue weighted by Gasteiger charge is -2.14. The Morgan fingerprint density at radius 2 is 2.13 bits per heavy atom. The van der Waals surface area contributed by atoms with Gasteiger partial charge in [0.15, 0.2) is 0 Å². The standard InChI is InChI=1S/C13H18N2/c1-12-5-3-6-13(11-12)7-10-15(2)9-4-8-14/h3,5-6,11H,4,7,9-10H2,1-2H3. The van der Waals surface area contributed by atoms with Crippen molar-refractivity contribution in [3.63, 3.8) is 0 Å². The van der Waals surface area contributed by atoms with Crippen LogP contribution in [0.15, 0.2) is 24.3 Å². The molecule has 0 aliphatic heterocycles. The van der Waals surface area contributed by atoms with E-state index in [4.69, 9.17) is 5.26 Å². The van der Waals surface area contributed by atoms with Gasteiger partial charge in [-0.2, -0.15) is 5.26 Å². The second-order valence-electron chi connectivity index (χ2n) is 3.95. The van der Waals surface area contributed by atoms with E-state index in [-0.39, 0.29) is 0 Å². The number of rotatable bonds is 5. The van der Waals surface area contributed by atoms with Crippen molar-refractivity contribution in [3.05, 3.63) is 35.4 Å². The normalized spacial score (nSPS) is 10.3. The minimum atomic E-state index is 0.615. The monoisotopic (exact) mass is 202 g/mol. The molecule has 80 valence electrons. The highest BCUT2D eigenvalue weighted by Crippen LogP contribution is 2.05. The van der Waals surface area contributed by atoms with E-state index in [1.165, 1.54) is 11.1 Å². The van der Waals surface area contributed by atoms with Crippen molar-refractivity contribution in [3.8, 4) is 6.07 Å². The number of benzene rings is 1. The first kappa shape index (κ1) is 11.7. The van der Waals surface area contributed by atoms with E-state index in [1.54, 1.807) is 0 Å². The maximum atomic E-state index is 8.46. The quantitative estimate of drug-likeness (QED) is 0.733. The summed E-state index contributed by atoms with van der Waals surface area (Å²) in [6.07, 6.45) is 1.67. The molecular weight excluding hydrogens is 184 g/mol. The maximum Gasteiger partial charge on any atom is 0.0635 e. The zero-order valence-corrected chi connectivity index (χ0v) is 9.53. The molecule has 2 heteroatoms. The second-order valence-corrected chi connectivity index (χ2v) is 3.95. The van der Waals surface area contributed by atoms with Crippen LogP contribution in [0.4, 0.5) is 0 Å². The highest BCUT2D eigenvalue weighted by Gasteiger charge is 1.98. The van der Waals surface area contributed by atoms with E-state index in [1.807, 2.05) is 0 Å². The summed E-state index contributed by atoms with van der Waals surface area (Å²) in [5.41, 5.74) is 2.69. The van der Waals surface area contributed by atoms with E-state index >= 15 is 0 Å². The van der Waals surface area contributed by atoms with E-state index in [0.29, 0.717) is 6.42 Å². The van der Waals surface area contributed by atoms with Gasteiger partial charge in [-0.05, 0) is 26.0 Å². The average molecular weight is 202 g/mol. The van der Waals surface area contributed by atoms with Crippen molar-refractivity contribution in [1.82, 2.24) is 4.90 Å². The molecule has 1 aromatic carbocycles. The first-order valence-electron chi connectivity index (χ1n) is 5.33. The molecule has 0 fully saturated rings. The molecule has 0 aromatic heterocycles. The Bertz CT molecular complexity index is 339. The van der Waals surface area contributed by atoms with E-state index < -0.39 is 0 Å². The van der Waals surface area contributed by atoms with Gasteiger partial charge in [0, 0.05) is 19.5 Å². The molecule has 0 aliphatic carbocycles. The molecule has 0 radical (unpaired) electrons. The number of nitrogens with zero attached hydrogens (tertiary/aromatic N) is 2. The van der Waals surface area contributed by atoms with Crippen LogP contribution in [0.5, 0.6) is 0 Å². The Morgan fingerprint density at radius 3 is 2.80 bits per heavy atom. The van der Waals surface area contributed by atoms with Gasteiger partial charge in [-0.3, -0.25) is 0 Å². The number of aryl methyl sites for hydroxylation is 1. The van der Waals surface area contributed by atoms with Crippen LogP contribution in [0.25, 0.3) is 0 Å². The van der Waals surface area contributed by atoms with Crippen molar-refractivity contribution < 1.29 is 0 Å². The lowest BCUT2D eigenvalue weighted by Crippen LogP contribution is -2.22. The number of nitriles is 1. The summed E-state index contributed by atoms with van der Waals surface area (Å²) in [6, 6.07) is 10.8. The largest absolute Gasteiger partial charge is 0.305 e. The molecule has 0 bridgehead atoms. The van der Waals surface area contributed by atoms with Gasteiger partial charge in [-0.15, -0.1) is 0 Å². The van der Waals surface area contributed by atoms with Gasteiger partial charge in [-0.25, -0.2) is 0 Å². The van der Waals surface area contributed by atoms with Crippen molar-refractivity contribution in [1.29, 1.82) is 5.26 Å². The van der Waals surface area contributed by atoms with Crippen molar-refractivity contribution in [2.45, 2.75) is 19.8 Å². The highest BCUT2D eigenvalue weighted by atomic mass is 15.1. The van der Waals surface area contributed by atoms with E-state index in [2.05, 4.69) is 49.2 Å². The molecule has 0 amide bonds. The molecule has 0 atom stereocenters. The fraction of sp³-hybridized carbons (Fsp3) is 0.462. The third-order valence-electron chi connectivity index (χ3n) is 2.47. The van der Waals surface area contributed by atoms with Gasteiger partial charge in [0.1, 0.15) is 0 Å². The van der Waals surface area contributed by atoms with Crippen LogP contribution < -0.4 is 0 Å². The van der Waals surface area contributed by atoms with Gasteiger partial charge in [0.05, 0.1) is 6.07 Å². The molecule has 0 aliphatic rings. The fourth-order valence-electron chi connectivity index (χ4n) is 1.54. The zero-order chi connectivity index (χ0) is 11.1. The Hall–Kier alpha value is -1.33. The van der Waals surface area contributed by atoms with Crippen LogP contribution in [0.3, 0.4) is 0 Å². The molecule has 0 unspecified atom stereocenters. The first-order chi connectivity index (χ1) is 7.22. The SMILES string of the molecule is Cc1cccc(CCN(C)CCC#N)c1. The third-order valence-corrected chi connectivity index (χ3v) is 2.47. The van der Waals surface area contributed by atoms with Gasteiger partial charge >= 0.3 is 0 Å². The summed E-state index contributed by atoms with van der Waals surface area (Å²) >= 11 is 0.